The number of carboxylic acids is 1. The van der Waals surface area contributed by atoms with Gasteiger partial charge < -0.3 is 20.5 Å². The molecule has 6 nitrogen and oxygen atoms in total. The minimum atomic E-state index is -0.845. The van der Waals surface area contributed by atoms with Crippen molar-refractivity contribution in [3.63, 3.8) is 0 Å². The van der Waals surface area contributed by atoms with Gasteiger partial charge in [0.1, 0.15) is 0 Å². The Bertz CT molecular complexity index is 280. The van der Waals surface area contributed by atoms with E-state index in [1.807, 2.05) is 0 Å². The SMILES string of the molecule is COCC(C)(C)CCCNC(=O)NCCCC(=O)O. The second-order valence-electron chi connectivity index (χ2n) is 5.38. The van der Waals surface area contributed by atoms with Gasteiger partial charge >= 0.3 is 12.0 Å². The summed E-state index contributed by atoms with van der Waals surface area (Å²) in [6.07, 6.45) is 2.38. The Balaban J connectivity index is 3.50. The number of nitrogens with one attached hydrogen (secondary N) is 2. The maximum atomic E-state index is 11.3. The Morgan fingerprint density at radius 1 is 1.16 bits per heavy atom. The molecule has 3 N–H and O–H groups in total. The van der Waals surface area contributed by atoms with Gasteiger partial charge in [-0.25, -0.2) is 4.79 Å². The largest absolute Gasteiger partial charge is 0.481 e. The van der Waals surface area contributed by atoms with Crippen LogP contribution in [0, 0.1) is 5.41 Å². The molecule has 0 spiro atoms. The van der Waals surface area contributed by atoms with Gasteiger partial charge in [0.05, 0.1) is 6.61 Å². The third-order valence-electron chi connectivity index (χ3n) is 2.70. The number of hydrogen-bond donors (Lipinski definition) is 3. The molecule has 0 fully saturated rings. The molecule has 0 aromatic rings. The van der Waals surface area contributed by atoms with E-state index in [9.17, 15) is 9.59 Å². The number of urea groups is 1. The van der Waals surface area contributed by atoms with Gasteiger partial charge in [-0.1, -0.05) is 13.8 Å². The first-order chi connectivity index (χ1) is 8.87. The van der Waals surface area contributed by atoms with Crippen LogP contribution in [0.3, 0.4) is 0 Å². The average molecular weight is 274 g/mol. The molecule has 112 valence electrons. The second kappa shape index (κ2) is 9.61. The maximum absolute atomic E-state index is 11.3. The Morgan fingerprint density at radius 2 is 1.74 bits per heavy atom. The van der Waals surface area contributed by atoms with Crippen molar-refractivity contribution in [1.82, 2.24) is 10.6 Å². The van der Waals surface area contributed by atoms with E-state index < -0.39 is 5.97 Å². The summed E-state index contributed by atoms with van der Waals surface area (Å²) in [4.78, 5) is 21.6. The van der Waals surface area contributed by atoms with Gasteiger partial charge in [0.2, 0.25) is 0 Å². The van der Waals surface area contributed by atoms with E-state index in [2.05, 4.69) is 24.5 Å². The molecule has 6 heteroatoms. The molecular weight excluding hydrogens is 248 g/mol. The summed E-state index contributed by atoms with van der Waals surface area (Å²) in [5.41, 5.74) is 0.119. The predicted octanol–water partition coefficient (Wildman–Crippen LogP) is 1.60. The number of carbonyl (C=O) groups is 2. The Hall–Kier alpha value is -1.30. The van der Waals surface area contributed by atoms with E-state index in [4.69, 9.17) is 9.84 Å². The number of rotatable bonds is 10. The molecule has 0 aliphatic rings. The molecule has 0 unspecified atom stereocenters. The van der Waals surface area contributed by atoms with E-state index in [-0.39, 0.29) is 17.9 Å². The van der Waals surface area contributed by atoms with Gasteiger partial charge in [0, 0.05) is 26.6 Å². The number of ether oxygens (including phenoxy) is 1. The minimum absolute atomic E-state index is 0.0749. The third-order valence-corrected chi connectivity index (χ3v) is 2.70. The molecular formula is C13H26N2O4. The van der Waals surface area contributed by atoms with Crippen LogP contribution in [0.25, 0.3) is 0 Å². The van der Waals surface area contributed by atoms with Crippen LogP contribution in [0.1, 0.15) is 39.5 Å². The molecule has 0 aliphatic heterocycles. The van der Waals surface area contributed by atoms with Crippen molar-refractivity contribution < 1.29 is 19.4 Å². The van der Waals surface area contributed by atoms with Gasteiger partial charge in [-0.15, -0.1) is 0 Å². The lowest BCUT2D eigenvalue weighted by Gasteiger charge is -2.23. The topological polar surface area (TPSA) is 87.7 Å². The summed E-state index contributed by atoms with van der Waals surface area (Å²) < 4.78 is 5.12. The highest BCUT2D eigenvalue weighted by Gasteiger charge is 2.16. The quantitative estimate of drug-likeness (QED) is 0.528. The lowest BCUT2D eigenvalue weighted by molar-refractivity contribution is -0.137. The van der Waals surface area contributed by atoms with Crippen LogP contribution in [0.15, 0.2) is 0 Å². The first kappa shape index (κ1) is 17.7. The van der Waals surface area contributed by atoms with Crippen LogP contribution < -0.4 is 10.6 Å². The van der Waals surface area contributed by atoms with Crippen molar-refractivity contribution in [2.24, 2.45) is 5.41 Å². The fourth-order valence-electron chi connectivity index (χ4n) is 1.74. The Morgan fingerprint density at radius 3 is 2.26 bits per heavy atom. The van der Waals surface area contributed by atoms with Gasteiger partial charge in [0.25, 0.3) is 0 Å². The predicted molar refractivity (Wildman–Crippen MR) is 73.2 cm³/mol. The van der Waals surface area contributed by atoms with Crippen molar-refractivity contribution in [2.45, 2.75) is 39.5 Å². The molecule has 0 saturated heterocycles. The molecule has 0 saturated carbocycles. The number of amides is 2. The van der Waals surface area contributed by atoms with E-state index >= 15 is 0 Å². The number of hydrogen-bond acceptors (Lipinski definition) is 3. The van der Waals surface area contributed by atoms with E-state index in [1.165, 1.54) is 0 Å². The maximum Gasteiger partial charge on any atom is 0.314 e. The smallest absolute Gasteiger partial charge is 0.314 e. The number of carboxylic acid groups (broad SMARTS) is 1. The molecule has 0 atom stereocenters. The highest BCUT2D eigenvalue weighted by molar-refractivity contribution is 5.73. The second-order valence-corrected chi connectivity index (χ2v) is 5.38. The molecule has 19 heavy (non-hydrogen) atoms. The van der Waals surface area contributed by atoms with Gasteiger partial charge in [-0.2, -0.15) is 0 Å². The summed E-state index contributed by atoms with van der Waals surface area (Å²) in [6.45, 7) is 5.95. The minimum Gasteiger partial charge on any atom is -0.481 e. The highest BCUT2D eigenvalue weighted by Crippen LogP contribution is 2.21. The van der Waals surface area contributed by atoms with Gasteiger partial charge in [-0.3, -0.25) is 4.79 Å². The normalized spacial score (nSPS) is 11.1. The first-order valence-corrected chi connectivity index (χ1v) is 6.60. The van der Waals surface area contributed by atoms with E-state index in [0.717, 1.165) is 12.8 Å². The summed E-state index contributed by atoms with van der Waals surface area (Å²) in [5, 5.41) is 13.8. The van der Waals surface area contributed by atoms with Crippen molar-refractivity contribution in [3.05, 3.63) is 0 Å². The molecule has 0 aromatic heterocycles. The summed E-state index contributed by atoms with van der Waals surface area (Å²) in [5.74, 6) is -0.845. The Kier molecular flexibility index (Phi) is 8.95. The number of carbonyl (C=O) groups excluding carboxylic acids is 1. The number of aliphatic carboxylic acids is 1. The molecule has 0 bridgehead atoms. The van der Waals surface area contributed by atoms with Crippen LogP contribution >= 0.6 is 0 Å². The van der Waals surface area contributed by atoms with Gasteiger partial charge in [-0.05, 0) is 24.7 Å². The van der Waals surface area contributed by atoms with Crippen LogP contribution in [-0.2, 0) is 9.53 Å². The van der Waals surface area contributed by atoms with Crippen molar-refractivity contribution >= 4 is 12.0 Å². The fourth-order valence-corrected chi connectivity index (χ4v) is 1.74. The average Bonchev–Trinajstić information content (AvgIpc) is 2.30. The summed E-state index contributed by atoms with van der Waals surface area (Å²) >= 11 is 0. The zero-order valence-electron chi connectivity index (χ0n) is 12.1. The number of methoxy groups -OCH3 is 1. The molecule has 2 amide bonds. The third kappa shape index (κ3) is 11.5. The van der Waals surface area contributed by atoms with Crippen molar-refractivity contribution in [3.8, 4) is 0 Å². The fraction of sp³-hybridized carbons (Fsp3) is 0.846. The molecule has 0 aliphatic carbocycles. The van der Waals surface area contributed by atoms with Crippen LogP contribution in [-0.4, -0.2) is 43.9 Å². The zero-order chi connectivity index (χ0) is 14.7. The van der Waals surface area contributed by atoms with Crippen molar-refractivity contribution in [2.75, 3.05) is 26.8 Å². The van der Waals surface area contributed by atoms with Crippen LogP contribution in [0.4, 0.5) is 4.79 Å². The highest BCUT2D eigenvalue weighted by atomic mass is 16.5. The lowest BCUT2D eigenvalue weighted by atomic mass is 9.89. The van der Waals surface area contributed by atoms with E-state index in [0.29, 0.717) is 26.1 Å². The first-order valence-electron chi connectivity index (χ1n) is 6.60. The molecule has 0 aromatic carbocycles. The van der Waals surface area contributed by atoms with Crippen LogP contribution in [0.2, 0.25) is 0 Å². The summed E-state index contributed by atoms with van der Waals surface area (Å²) in [7, 11) is 1.69. The monoisotopic (exact) mass is 274 g/mol. The molecule has 0 rings (SSSR count). The molecule has 0 heterocycles. The summed E-state index contributed by atoms with van der Waals surface area (Å²) in [6, 6.07) is -0.241. The zero-order valence-corrected chi connectivity index (χ0v) is 12.1. The van der Waals surface area contributed by atoms with Crippen LogP contribution in [0.5, 0.6) is 0 Å². The van der Waals surface area contributed by atoms with E-state index in [1.54, 1.807) is 7.11 Å². The lowest BCUT2D eigenvalue weighted by Crippen LogP contribution is -2.37. The van der Waals surface area contributed by atoms with Crippen molar-refractivity contribution in [1.29, 1.82) is 0 Å². The molecule has 0 radical (unpaired) electrons. The van der Waals surface area contributed by atoms with Gasteiger partial charge in [0.15, 0.2) is 0 Å². The Labute approximate surface area is 114 Å². The standard InChI is InChI=1S/C13H26N2O4/c1-13(2,10-19-3)7-5-9-15-12(18)14-8-4-6-11(16)17/h4-10H2,1-3H3,(H,16,17)(H2,14,15,18).